The van der Waals surface area contributed by atoms with E-state index in [1.165, 1.54) is 0 Å². The third-order valence-electron chi connectivity index (χ3n) is 3.80. The number of aliphatic hydroxyl groups is 1. The summed E-state index contributed by atoms with van der Waals surface area (Å²) in [5.41, 5.74) is 1.67. The van der Waals surface area contributed by atoms with Gasteiger partial charge in [-0.2, -0.15) is 15.0 Å². The van der Waals surface area contributed by atoms with Crippen LogP contribution in [-0.4, -0.2) is 38.8 Å². The van der Waals surface area contributed by atoms with Gasteiger partial charge < -0.3 is 15.2 Å². The average molecular weight is 296 g/mol. The van der Waals surface area contributed by atoms with E-state index in [1.54, 1.807) is 0 Å². The first-order valence-electron chi connectivity index (χ1n) is 7.36. The summed E-state index contributed by atoms with van der Waals surface area (Å²) in [4.78, 5) is 12.2. The van der Waals surface area contributed by atoms with Crippen LogP contribution in [0, 0.1) is 5.92 Å². The lowest BCUT2D eigenvalue weighted by atomic mass is 9.79. The highest BCUT2D eigenvalue weighted by molar-refractivity contribution is 5.35. The smallest absolute Gasteiger partial charge is 0.323 e. The molecule has 1 aromatic rings. The first-order valence-corrected chi connectivity index (χ1v) is 7.36. The van der Waals surface area contributed by atoms with Crippen LogP contribution in [0.3, 0.4) is 0 Å². The number of anilines is 2. The number of aromatic nitrogens is 3. The molecule has 1 saturated carbocycles. The minimum atomic E-state index is -0.707. The standard InChI is InChI=1S/C13H24N6O2/c1-3-21-12-17-10(16-11(18-12)19-14)15-8-13(20)6-4-9(2)5-7-13/h9,20H,3-8,14H2,1-2H3,(H2,15,16,17,18,19). The Bertz CT molecular complexity index is 462. The Morgan fingerprint density at radius 3 is 2.57 bits per heavy atom. The molecule has 0 aliphatic heterocycles. The number of nitrogens with two attached hydrogens (primary N) is 1. The molecular weight excluding hydrogens is 272 g/mol. The molecule has 5 N–H and O–H groups in total. The first-order chi connectivity index (χ1) is 10.0. The van der Waals surface area contributed by atoms with Crippen molar-refractivity contribution in [1.29, 1.82) is 0 Å². The molecule has 1 aliphatic rings. The maximum Gasteiger partial charge on any atom is 0.323 e. The quantitative estimate of drug-likeness (QED) is 0.452. The largest absolute Gasteiger partial charge is 0.464 e. The van der Waals surface area contributed by atoms with Crippen LogP contribution in [0.2, 0.25) is 0 Å². The molecular formula is C13H24N6O2. The van der Waals surface area contributed by atoms with Crippen molar-refractivity contribution >= 4 is 11.9 Å². The number of nitrogen functional groups attached to an aromatic ring is 1. The summed E-state index contributed by atoms with van der Waals surface area (Å²) in [6.07, 6.45) is 3.64. The van der Waals surface area contributed by atoms with Crippen molar-refractivity contribution in [2.24, 2.45) is 11.8 Å². The highest BCUT2D eigenvalue weighted by Gasteiger charge is 2.31. The molecule has 0 unspecified atom stereocenters. The lowest BCUT2D eigenvalue weighted by Crippen LogP contribution is -2.40. The zero-order chi connectivity index (χ0) is 15.3. The number of hydrazine groups is 1. The van der Waals surface area contributed by atoms with Crippen molar-refractivity contribution in [3.8, 4) is 6.01 Å². The van der Waals surface area contributed by atoms with Crippen molar-refractivity contribution in [1.82, 2.24) is 15.0 Å². The molecule has 21 heavy (non-hydrogen) atoms. The summed E-state index contributed by atoms with van der Waals surface area (Å²) < 4.78 is 5.26. The molecule has 2 rings (SSSR count). The summed E-state index contributed by atoms with van der Waals surface area (Å²) in [5.74, 6) is 6.57. The second kappa shape index (κ2) is 6.86. The Kier molecular flexibility index (Phi) is 5.13. The van der Waals surface area contributed by atoms with E-state index < -0.39 is 5.60 Å². The van der Waals surface area contributed by atoms with E-state index in [-0.39, 0.29) is 12.0 Å². The van der Waals surface area contributed by atoms with Gasteiger partial charge >= 0.3 is 6.01 Å². The molecule has 1 aromatic heterocycles. The highest BCUT2D eigenvalue weighted by atomic mass is 16.5. The summed E-state index contributed by atoms with van der Waals surface area (Å²) in [6.45, 7) is 4.92. The van der Waals surface area contributed by atoms with Gasteiger partial charge in [0, 0.05) is 6.54 Å². The van der Waals surface area contributed by atoms with Crippen molar-refractivity contribution in [3.05, 3.63) is 0 Å². The van der Waals surface area contributed by atoms with Gasteiger partial charge in [-0.15, -0.1) is 0 Å². The van der Waals surface area contributed by atoms with Crippen LogP contribution in [0.15, 0.2) is 0 Å². The van der Waals surface area contributed by atoms with Gasteiger partial charge in [-0.3, -0.25) is 5.43 Å². The van der Waals surface area contributed by atoms with Crippen LogP contribution in [0.1, 0.15) is 39.5 Å². The van der Waals surface area contributed by atoms with Crippen molar-refractivity contribution in [2.75, 3.05) is 23.9 Å². The highest BCUT2D eigenvalue weighted by Crippen LogP contribution is 2.31. The van der Waals surface area contributed by atoms with Crippen LogP contribution in [0.5, 0.6) is 6.01 Å². The molecule has 0 amide bonds. The minimum Gasteiger partial charge on any atom is -0.464 e. The van der Waals surface area contributed by atoms with Gasteiger partial charge in [-0.1, -0.05) is 6.92 Å². The Morgan fingerprint density at radius 2 is 1.95 bits per heavy atom. The maximum absolute atomic E-state index is 10.5. The van der Waals surface area contributed by atoms with E-state index in [1.807, 2.05) is 6.92 Å². The molecule has 0 aromatic carbocycles. The zero-order valence-electron chi connectivity index (χ0n) is 12.6. The molecule has 0 bridgehead atoms. The third-order valence-corrected chi connectivity index (χ3v) is 3.80. The second-order valence-electron chi connectivity index (χ2n) is 5.60. The van der Waals surface area contributed by atoms with Crippen molar-refractivity contribution in [2.45, 2.75) is 45.1 Å². The van der Waals surface area contributed by atoms with Gasteiger partial charge in [-0.05, 0) is 38.5 Å². The van der Waals surface area contributed by atoms with E-state index in [2.05, 4.69) is 32.6 Å². The number of hydrogen-bond donors (Lipinski definition) is 4. The van der Waals surface area contributed by atoms with Gasteiger partial charge in [-0.25, -0.2) is 5.84 Å². The summed E-state index contributed by atoms with van der Waals surface area (Å²) in [5, 5.41) is 13.6. The fourth-order valence-corrected chi connectivity index (χ4v) is 2.41. The van der Waals surface area contributed by atoms with Crippen LogP contribution >= 0.6 is 0 Å². The maximum atomic E-state index is 10.5. The molecule has 1 fully saturated rings. The van der Waals surface area contributed by atoms with E-state index in [0.717, 1.165) is 25.7 Å². The Morgan fingerprint density at radius 1 is 1.29 bits per heavy atom. The minimum absolute atomic E-state index is 0.201. The van der Waals surface area contributed by atoms with Gasteiger partial charge in [0.2, 0.25) is 11.9 Å². The summed E-state index contributed by atoms with van der Waals surface area (Å²) >= 11 is 0. The van der Waals surface area contributed by atoms with Gasteiger partial charge in [0.15, 0.2) is 0 Å². The molecule has 8 heteroatoms. The number of hydrogen-bond acceptors (Lipinski definition) is 8. The number of nitrogens with zero attached hydrogens (tertiary/aromatic N) is 3. The predicted octanol–water partition coefficient (Wildman–Crippen LogP) is 0.909. The molecule has 0 radical (unpaired) electrons. The summed E-state index contributed by atoms with van der Waals surface area (Å²) in [7, 11) is 0. The van der Waals surface area contributed by atoms with E-state index in [4.69, 9.17) is 10.6 Å². The second-order valence-corrected chi connectivity index (χ2v) is 5.60. The van der Waals surface area contributed by atoms with E-state index in [0.29, 0.717) is 25.0 Å². The molecule has 8 nitrogen and oxygen atoms in total. The first kappa shape index (κ1) is 15.7. The fourth-order valence-electron chi connectivity index (χ4n) is 2.41. The fraction of sp³-hybridized carbons (Fsp3) is 0.769. The normalized spacial score (nSPS) is 25.4. The molecule has 0 saturated heterocycles. The number of rotatable bonds is 6. The van der Waals surface area contributed by atoms with Crippen LogP contribution < -0.4 is 21.3 Å². The van der Waals surface area contributed by atoms with Crippen molar-refractivity contribution < 1.29 is 9.84 Å². The van der Waals surface area contributed by atoms with E-state index in [9.17, 15) is 5.11 Å². The zero-order valence-corrected chi connectivity index (χ0v) is 12.6. The lowest BCUT2D eigenvalue weighted by Gasteiger charge is -2.34. The number of ether oxygens (including phenoxy) is 1. The van der Waals surface area contributed by atoms with Crippen LogP contribution in [-0.2, 0) is 0 Å². The SMILES string of the molecule is CCOc1nc(NN)nc(NCC2(O)CCC(C)CC2)n1. The van der Waals surface area contributed by atoms with Crippen molar-refractivity contribution in [3.63, 3.8) is 0 Å². The molecule has 118 valence electrons. The van der Waals surface area contributed by atoms with Gasteiger partial charge in [0.25, 0.3) is 0 Å². The van der Waals surface area contributed by atoms with Crippen LogP contribution in [0.25, 0.3) is 0 Å². The number of nitrogens with one attached hydrogen (secondary N) is 2. The van der Waals surface area contributed by atoms with Gasteiger partial charge in [0.1, 0.15) is 0 Å². The molecule has 0 spiro atoms. The molecule has 0 atom stereocenters. The summed E-state index contributed by atoms with van der Waals surface area (Å²) in [6, 6.07) is 0.201. The topological polar surface area (TPSA) is 118 Å². The predicted molar refractivity (Wildman–Crippen MR) is 79.9 cm³/mol. The van der Waals surface area contributed by atoms with E-state index >= 15 is 0 Å². The Balaban J connectivity index is 2.00. The van der Waals surface area contributed by atoms with Gasteiger partial charge in [0.05, 0.1) is 12.2 Å². The average Bonchev–Trinajstić information content (AvgIpc) is 2.49. The molecule has 1 heterocycles. The Labute approximate surface area is 124 Å². The third kappa shape index (κ3) is 4.40. The molecule has 1 aliphatic carbocycles. The lowest BCUT2D eigenvalue weighted by molar-refractivity contribution is 0.00486. The van der Waals surface area contributed by atoms with Crippen LogP contribution in [0.4, 0.5) is 11.9 Å². The Hall–Kier alpha value is -1.67. The monoisotopic (exact) mass is 296 g/mol.